The number of hydrogen-bond acceptors (Lipinski definition) is 2. The normalized spacial score (nSPS) is 32.2. The Labute approximate surface area is 76.5 Å². The van der Waals surface area contributed by atoms with Crippen LogP contribution in [-0.2, 0) is 0 Å². The lowest BCUT2D eigenvalue weighted by atomic mass is 9.33. The Morgan fingerprint density at radius 3 is 3.25 bits per heavy atom. The van der Waals surface area contributed by atoms with Crippen molar-refractivity contribution in [2.24, 2.45) is 0 Å². The first kappa shape index (κ1) is 8.64. The van der Waals surface area contributed by atoms with Gasteiger partial charge >= 0.3 is 0 Å². The fourth-order valence-electron chi connectivity index (χ4n) is 2.07. The molecule has 0 saturated carbocycles. The minimum Gasteiger partial charge on any atom is -0.315 e. The van der Waals surface area contributed by atoms with Crippen LogP contribution in [0.15, 0.2) is 0 Å². The standard InChI is InChI=1S/C8H16B2N2/c1-2-5-12-6-4-11-7-8(12)10-9-3-1/h8,11H,1-7H2. The number of piperazine rings is 1. The first-order chi connectivity index (χ1) is 5.97. The molecule has 64 valence electrons. The summed E-state index contributed by atoms with van der Waals surface area (Å²) >= 11 is 0. The van der Waals surface area contributed by atoms with Crippen molar-refractivity contribution >= 4 is 14.3 Å². The molecule has 0 bridgehead atoms. The first-order valence-corrected chi connectivity index (χ1v) is 5.08. The Balaban J connectivity index is 1.89. The second-order valence-electron chi connectivity index (χ2n) is 3.73. The molecule has 0 aromatic carbocycles. The summed E-state index contributed by atoms with van der Waals surface area (Å²) < 4.78 is 0. The Morgan fingerprint density at radius 1 is 1.25 bits per heavy atom. The average molecular weight is 162 g/mol. The van der Waals surface area contributed by atoms with E-state index in [1.807, 2.05) is 0 Å². The topological polar surface area (TPSA) is 15.3 Å². The van der Waals surface area contributed by atoms with Crippen LogP contribution in [0, 0.1) is 0 Å². The number of nitrogens with zero attached hydrogens (tertiary/aromatic N) is 1. The van der Waals surface area contributed by atoms with E-state index in [1.54, 1.807) is 0 Å². The van der Waals surface area contributed by atoms with E-state index < -0.39 is 0 Å². The number of nitrogens with one attached hydrogen (secondary N) is 1. The van der Waals surface area contributed by atoms with Crippen LogP contribution in [0.25, 0.3) is 0 Å². The van der Waals surface area contributed by atoms with Crippen molar-refractivity contribution in [2.75, 3.05) is 26.2 Å². The molecule has 2 rings (SSSR count). The number of fused-ring (bicyclic) bond motifs is 1. The Bertz CT molecular complexity index is 127. The molecular formula is C8H16B2N2. The van der Waals surface area contributed by atoms with E-state index >= 15 is 0 Å². The minimum absolute atomic E-state index is 0.680. The van der Waals surface area contributed by atoms with Gasteiger partial charge in [-0.1, -0.05) is 12.7 Å². The van der Waals surface area contributed by atoms with Crippen LogP contribution in [0.3, 0.4) is 0 Å². The zero-order valence-corrected chi connectivity index (χ0v) is 7.63. The molecule has 0 aliphatic carbocycles. The molecule has 0 aromatic heterocycles. The molecule has 2 saturated heterocycles. The van der Waals surface area contributed by atoms with Crippen molar-refractivity contribution in [3.8, 4) is 0 Å². The summed E-state index contributed by atoms with van der Waals surface area (Å²) in [6, 6.07) is 0. The fraction of sp³-hybridized carbons (Fsp3) is 1.00. The van der Waals surface area contributed by atoms with Gasteiger partial charge in [0, 0.05) is 19.6 Å². The van der Waals surface area contributed by atoms with Gasteiger partial charge in [0.15, 0.2) is 0 Å². The molecule has 0 spiro atoms. The average Bonchev–Trinajstić information content (AvgIpc) is 2.06. The van der Waals surface area contributed by atoms with Crippen LogP contribution in [0.2, 0.25) is 6.32 Å². The molecular weight excluding hydrogens is 146 g/mol. The van der Waals surface area contributed by atoms with Crippen LogP contribution in [0.1, 0.15) is 12.8 Å². The predicted molar refractivity (Wildman–Crippen MR) is 53.8 cm³/mol. The quantitative estimate of drug-likeness (QED) is 0.494. The molecule has 2 aliphatic heterocycles. The summed E-state index contributed by atoms with van der Waals surface area (Å²) in [7, 11) is 4.73. The lowest BCUT2D eigenvalue weighted by Gasteiger charge is -2.37. The maximum absolute atomic E-state index is 3.44. The van der Waals surface area contributed by atoms with Gasteiger partial charge in [-0.05, 0) is 18.9 Å². The molecule has 12 heavy (non-hydrogen) atoms. The van der Waals surface area contributed by atoms with Gasteiger partial charge in [-0.15, -0.1) is 0 Å². The van der Waals surface area contributed by atoms with Crippen LogP contribution >= 0.6 is 0 Å². The highest BCUT2D eigenvalue weighted by atomic mass is 15.2. The van der Waals surface area contributed by atoms with Gasteiger partial charge in [0.1, 0.15) is 0 Å². The molecule has 1 atom stereocenters. The van der Waals surface area contributed by atoms with Crippen LogP contribution in [0.5, 0.6) is 0 Å². The molecule has 2 radical (unpaired) electrons. The van der Waals surface area contributed by atoms with Gasteiger partial charge in [-0.2, -0.15) is 0 Å². The summed E-state index contributed by atoms with van der Waals surface area (Å²) in [5.74, 6) is 0.680. The summed E-state index contributed by atoms with van der Waals surface area (Å²) in [5.41, 5.74) is 0. The minimum atomic E-state index is 0.680. The van der Waals surface area contributed by atoms with Crippen molar-refractivity contribution in [2.45, 2.75) is 25.1 Å². The molecule has 0 amide bonds. The summed E-state index contributed by atoms with van der Waals surface area (Å²) in [6.07, 6.45) is 4.03. The number of hydrogen-bond donors (Lipinski definition) is 1. The Kier molecular flexibility index (Phi) is 3.12. The summed E-state index contributed by atoms with van der Waals surface area (Å²) in [4.78, 5) is 2.60. The van der Waals surface area contributed by atoms with Crippen molar-refractivity contribution in [3.05, 3.63) is 0 Å². The molecule has 2 aliphatic rings. The monoisotopic (exact) mass is 162 g/mol. The Morgan fingerprint density at radius 2 is 2.25 bits per heavy atom. The van der Waals surface area contributed by atoms with Crippen molar-refractivity contribution in [1.29, 1.82) is 0 Å². The highest BCUT2D eigenvalue weighted by Crippen LogP contribution is 2.08. The zero-order valence-electron chi connectivity index (χ0n) is 7.63. The van der Waals surface area contributed by atoms with Gasteiger partial charge in [0.05, 0.1) is 14.3 Å². The highest BCUT2D eigenvalue weighted by Gasteiger charge is 2.22. The van der Waals surface area contributed by atoms with E-state index in [-0.39, 0.29) is 0 Å². The van der Waals surface area contributed by atoms with Gasteiger partial charge in [0.2, 0.25) is 0 Å². The Hall–Kier alpha value is 0.0499. The molecule has 0 aromatic rings. The molecule has 1 unspecified atom stereocenters. The van der Waals surface area contributed by atoms with Crippen LogP contribution in [-0.4, -0.2) is 51.4 Å². The fourth-order valence-corrected chi connectivity index (χ4v) is 2.07. The zero-order chi connectivity index (χ0) is 8.23. The highest BCUT2D eigenvalue weighted by molar-refractivity contribution is 7.01. The molecule has 2 fully saturated rings. The van der Waals surface area contributed by atoms with Gasteiger partial charge in [0.25, 0.3) is 0 Å². The summed E-state index contributed by atoms with van der Waals surface area (Å²) in [5, 5.41) is 3.44. The summed E-state index contributed by atoms with van der Waals surface area (Å²) in [6.45, 7) is 4.85. The second-order valence-corrected chi connectivity index (χ2v) is 3.73. The third-order valence-corrected chi connectivity index (χ3v) is 2.82. The SMILES string of the molecule is [B]1[B]C2CNCCN2CCCC1. The maximum Gasteiger partial charge on any atom is 0.0905 e. The number of rotatable bonds is 0. The van der Waals surface area contributed by atoms with Gasteiger partial charge in [-0.25, -0.2) is 0 Å². The van der Waals surface area contributed by atoms with E-state index in [0.717, 1.165) is 6.54 Å². The second kappa shape index (κ2) is 4.33. The van der Waals surface area contributed by atoms with Crippen molar-refractivity contribution in [1.82, 2.24) is 10.2 Å². The molecule has 2 heterocycles. The lowest BCUT2D eigenvalue weighted by molar-refractivity contribution is 0.209. The van der Waals surface area contributed by atoms with Gasteiger partial charge in [-0.3, -0.25) is 0 Å². The van der Waals surface area contributed by atoms with E-state index in [0.29, 0.717) is 5.94 Å². The third-order valence-electron chi connectivity index (χ3n) is 2.82. The third kappa shape index (κ3) is 2.05. The van der Waals surface area contributed by atoms with Gasteiger partial charge < -0.3 is 10.2 Å². The molecule has 4 heteroatoms. The molecule has 2 nitrogen and oxygen atoms in total. The van der Waals surface area contributed by atoms with E-state index in [1.165, 1.54) is 38.8 Å². The van der Waals surface area contributed by atoms with E-state index in [9.17, 15) is 0 Å². The molecule has 1 N–H and O–H groups in total. The van der Waals surface area contributed by atoms with Crippen molar-refractivity contribution in [3.63, 3.8) is 0 Å². The lowest BCUT2D eigenvalue weighted by Crippen LogP contribution is -2.55. The smallest absolute Gasteiger partial charge is 0.0905 e. The van der Waals surface area contributed by atoms with Crippen LogP contribution in [0.4, 0.5) is 0 Å². The van der Waals surface area contributed by atoms with E-state index in [4.69, 9.17) is 0 Å². The van der Waals surface area contributed by atoms with E-state index in [2.05, 4.69) is 24.6 Å². The first-order valence-electron chi connectivity index (χ1n) is 5.08. The van der Waals surface area contributed by atoms with Crippen LogP contribution < -0.4 is 5.32 Å². The predicted octanol–water partition coefficient (Wildman–Crippen LogP) is -0.247. The van der Waals surface area contributed by atoms with Crippen molar-refractivity contribution < 1.29 is 0 Å². The maximum atomic E-state index is 3.44. The largest absolute Gasteiger partial charge is 0.315 e.